The van der Waals surface area contributed by atoms with E-state index in [4.69, 9.17) is 9.26 Å². The van der Waals surface area contributed by atoms with Gasteiger partial charge in [-0.25, -0.2) is 0 Å². The molecule has 0 radical (unpaired) electrons. The second kappa shape index (κ2) is 5.81. The Labute approximate surface area is 134 Å². The first kappa shape index (κ1) is 14.4. The third-order valence-corrected chi connectivity index (χ3v) is 4.63. The largest absolute Gasteiger partial charge is 0.371 e. The van der Waals surface area contributed by atoms with Gasteiger partial charge in [0.05, 0.1) is 12.2 Å². The van der Waals surface area contributed by atoms with Gasteiger partial charge in [0.1, 0.15) is 11.9 Å². The first-order chi connectivity index (χ1) is 11.2. The van der Waals surface area contributed by atoms with E-state index in [0.717, 1.165) is 49.0 Å². The second-order valence-corrected chi connectivity index (χ2v) is 6.25. The Morgan fingerprint density at radius 3 is 3.09 bits per heavy atom. The molecule has 0 saturated carbocycles. The van der Waals surface area contributed by atoms with Gasteiger partial charge in [-0.15, -0.1) is 0 Å². The van der Waals surface area contributed by atoms with Gasteiger partial charge < -0.3 is 14.6 Å². The number of nitrogens with one attached hydrogen (secondary N) is 1. The van der Waals surface area contributed by atoms with Crippen LogP contribution in [-0.4, -0.2) is 33.5 Å². The predicted octanol–water partition coefficient (Wildman–Crippen LogP) is 1.55. The van der Waals surface area contributed by atoms with Crippen LogP contribution in [0.1, 0.15) is 52.7 Å². The van der Waals surface area contributed by atoms with Crippen LogP contribution in [0.5, 0.6) is 0 Å². The summed E-state index contributed by atoms with van der Waals surface area (Å²) in [6, 6.07) is -0.0670. The fourth-order valence-electron chi connectivity index (χ4n) is 3.45. The Hall–Kier alpha value is -2.15. The SMILES string of the molecule is Cn1cc([C@H]2OCC[C@@H]2NC(=O)c2noc3c2CCCC3)cn1. The Kier molecular flexibility index (Phi) is 3.65. The predicted molar refractivity (Wildman–Crippen MR) is 80.9 cm³/mol. The molecule has 2 aromatic rings. The van der Waals surface area contributed by atoms with Crippen molar-refractivity contribution in [2.24, 2.45) is 7.05 Å². The molecular formula is C16H20N4O3. The summed E-state index contributed by atoms with van der Waals surface area (Å²) in [7, 11) is 1.87. The molecule has 2 atom stereocenters. The molecule has 1 aliphatic carbocycles. The number of aryl methyl sites for hydroxylation is 2. The van der Waals surface area contributed by atoms with Gasteiger partial charge in [-0.1, -0.05) is 5.16 Å². The lowest BCUT2D eigenvalue weighted by molar-refractivity contribution is 0.0814. The van der Waals surface area contributed by atoms with Crippen molar-refractivity contribution in [1.82, 2.24) is 20.3 Å². The van der Waals surface area contributed by atoms with Crippen LogP contribution in [0.15, 0.2) is 16.9 Å². The van der Waals surface area contributed by atoms with E-state index in [2.05, 4.69) is 15.6 Å². The van der Waals surface area contributed by atoms with Crippen molar-refractivity contribution >= 4 is 5.91 Å². The summed E-state index contributed by atoms with van der Waals surface area (Å²) in [4.78, 5) is 12.6. The van der Waals surface area contributed by atoms with E-state index in [9.17, 15) is 4.79 Å². The van der Waals surface area contributed by atoms with Crippen LogP contribution in [0.25, 0.3) is 0 Å². The fraction of sp³-hybridized carbons (Fsp3) is 0.562. The van der Waals surface area contributed by atoms with E-state index >= 15 is 0 Å². The topological polar surface area (TPSA) is 82.2 Å². The lowest BCUT2D eigenvalue weighted by atomic mass is 9.96. The number of aromatic nitrogens is 3. The molecule has 2 aromatic heterocycles. The van der Waals surface area contributed by atoms with Gasteiger partial charge in [0.15, 0.2) is 5.69 Å². The lowest BCUT2D eigenvalue weighted by Gasteiger charge is -2.18. The van der Waals surface area contributed by atoms with Gasteiger partial charge >= 0.3 is 0 Å². The molecule has 3 heterocycles. The van der Waals surface area contributed by atoms with Crippen molar-refractivity contribution in [3.8, 4) is 0 Å². The van der Waals surface area contributed by atoms with Gasteiger partial charge in [-0.05, 0) is 25.7 Å². The van der Waals surface area contributed by atoms with Gasteiger partial charge in [0.25, 0.3) is 5.91 Å². The number of amides is 1. The Morgan fingerprint density at radius 1 is 1.39 bits per heavy atom. The number of carbonyl (C=O) groups excluding carboxylic acids is 1. The van der Waals surface area contributed by atoms with Crippen molar-refractivity contribution in [1.29, 1.82) is 0 Å². The zero-order chi connectivity index (χ0) is 15.8. The molecule has 1 aliphatic heterocycles. The highest BCUT2D eigenvalue weighted by Crippen LogP contribution is 2.30. The number of rotatable bonds is 3. The molecule has 1 N–H and O–H groups in total. The highest BCUT2D eigenvalue weighted by molar-refractivity contribution is 5.94. The van der Waals surface area contributed by atoms with Crippen molar-refractivity contribution in [3.63, 3.8) is 0 Å². The Balaban J connectivity index is 1.51. The summed E-state index contributed by atoms with van der Waals surface area (Å²) < 4.78 is 12.9. The molecular weight excluding hydrogens is 296 g/mol. The summed E-state index contributed by atoms with van der Waals surface area (Å²) in [5.74, 6) is 0.703. The molecule has 122 valence electrons. The molecule has 1 fully saturated rings. The molecule has 7 nitrogen and oxygen atoms in total. The second-order valence-electron chi connectivity index (χ2n) is 6.25. The number of fused-ring (bicyclic) bond motifs is 1. The smallest absolute Gasteiger partial charge is 0.274 e. The number of nitrogens with zero attached hydrogens (tertiary/aromatic N) is 3. The average Bonchev–Trinajstić information content (AvgIpc) is 3.25. The standard InChI is InChI=1S/C16H20N4O3/c1-20-9-10(8-17-20)15-12(6-7-22-15)18-16(21)14-11-4-2-3-5-13(11)23-19-14/h8-9,12,15H,2-7H2,1H3,(H,18,21)/t12-,15+/m0/s1. The molecule has 23 heavy (non-hydrogen) atoms. The van der Waals surface area contributed by atoms with Crippen LogP contribution in [0, 0.1) is 0 Å². The molecule has 0 unspecified atom stereocenters. The summed E-state index contributed by atoms with van der Waals surface area (Å²) in [5, 5.41) is 11.2. The number of hydrogen-bond donors (Lipinski definition) is 1. The molecule has 1 amide bonds. The monoisotopic (exact) mass is 316 g/mol. The minimum absolute atomic E-state index is 0.0670. The molecule has 4 rings (SSSR count). The van der Waals surface area contributed by atoms with Crippen molar-refractivity contribution < 1.29 is 14.1 Å². The average molecular weight is 316 g/mol. The number of hydrogen-bond acceptors (Lipinski definition) is 5. The van der Waals surface area contributed by atoms with Crippen molar-refractivity contribution in [2.75, 3.05) is 6.61 Å². The maximum atomic E-state index is 12.6. The van der Waals surface area contributed by atoms with Crippen LogP contribution in [0.2, 0.25) is 0 Å². The minimum Gasteiger partial charge on any atom is -0.371 e. The lowest BCUT2D eigenvalue weighted by Crippen LogP contribution is -2.37. The van der Waals surface area contributed by atoms with E-state index in [1.54, 1.807) is 10.9 Å². The van der Waals surface area contributed by atoms with E-state index in [0.29, 0.717) is 12.3 Å². The van der Waals surface area contributed by atoms with Gasteiger partial charge in [-0.3, -0.25) is 9.48 Å². The van der Waals surface area contributed by atoms with Gasteiger partial charge in [-0.2, -0.15) is 5.10 Å². The molecule has 0 aromatic carbocycles. The summed E-state index contributed by atoms with van der Waals surface area (Å²) >= 11 is 0. The van der Waals surface area contributed by atoms with E-state index < -0.39 is 0 Å². The third-order valence-electron chi connectivity index (χ3n) is 4.63. The number of carbonyl (C=O) groups is 1. The molecule has 0 spiro atoms. The summed E-state index contributed by atoms with van der Waals surface area (Å²) in [5.41, 5.74) is 2.40. The van der Waals surface area contributed by atoms with E-state index in [1.807, 2.05) is 13.2 Å². The van der Waals surface area contributed by atoms with Crippen LogP contribution in [-0.2, 0) is 24.6 Å². The highest BCUT2D eigenvalue weighted by atomic mass is 16.5. The molecule has 2 aliphatic rings. The quantitative estimate of drug-likeness (QED) is 0.929. The summed E-state index contributed by atoms with van der Waals surface area (Å²) in [6.07, 6.45) is 8.26. The highest BCUT2D eigenvalue weighted by Gasteiger charge is 2.33. The zero-order valence-electron chi connectivity index (χ0n) is 13.1. The number of ether oxygens (including phenoxy) is 1. The summed E-state index contributed by atoms with van der Waals surface area (Å²) in [6.45, 7) is 0.626. The van der Waals surface area contributed by atoms with E-state index in [1.165, 1.54) is 0 Å². The zero-order valence-corrected chi connectivity index (χ0v) is 13.1. The van der Waals surface area contributed by atoms with Gasteiger partial charge in [0.2, 0.25) is 0 Å². The maximum Gasteiger partial charge on any atom is 0.274 e. The van der Waals surface area contributed by atoms with Crippen LogP contribution >= 0.6 is 0 Å². The molecule has 0 bridgehead atoms. The van der Waals surface area contributed by atoms with Crippen molar-refractivity contribution in [2.45, 2.75) is 44.2 Å². The van der Waals surface area contributed by atoms with Crippen LogP contribution in [0.4, 0.5) is 0 Å². The minimum atomic E-state index is -0.165. The Morgan fingerprint density at radius 2 is 2.26 bits per heavy atom. The Bertz CT molecular complexity index is 721. The van der Waals surface area contributed by atoms with Crippen LogP contribution in [0.3, 0.4) is 0 Å². The van der Waals surface area contributed by atoms with Crippen LogP contribution < -0.4 is 5.32 Å². The third kappa shape index (κ3) is 2.65. The molecule has 1 saturated heterocycles. The van der Waals surface area contributed by atoms with E-state index in [-0.39, 0.29) is 18.1 Å². The van der Waals surface area contributed by atoms with Crippen molar-refractivity contribution in [3.05, 3.63) is 35.0 Å². The normalized spacial score (nSPS) is 23.7. The molecule has 7 heteroatoms. The maximum absolute atomic E-state index is 12.6. The fourth-order valence-corrected chi connectivity index (χ4v) is 3.45. The first-order valence-corrected chi connectivity index (χ1v) is 8.11. The first-order valence-electron chi connectivity index (χ1n) is 8.11. The van der Waals surface area contributed by atoms with Gasteiger partial charge in [0, 0.05) is 37.4 Å².